The first-order valence-corrected chi connectivity index (χ1v) is 7.62. The minimum atomic E-state index is 1.15. The van der Waals surface area contributed by atoms with E-state index < -0.39 is 0 Å². The molecule has 0 amide bonds. The maximum absolute atomic E-state index is 4.18. The van der Waals surface area contributed by atoms with Crippen molar-refractivity contribution in [3.63, 3.8) is 0 Å². The molecule has 1 heterocycles. The molecule has 2 heteroatoms. The summed E-state index contributed by atoms with van der Waals surface area (Å²) in [5.41, 5.74) is 4.13. The van der Waals surface area contributed by atoms with Crippen LogP contribution >= 0.6 is 11.3 Å². The lowest BCUT2D eigenvalue weighted by Crippen LogP contribution is -1.86. The van der Waals surface area contributed by atoms with Crippen molar-refractivity contribution >= 4 is 11.3 Å². The first kappa shape index (κ1) is 13.7. The number of rotatable bonds is 10. The Bertz CT molecular complexity index is 231. The van der Waals surface area contributed by atoms with Crippen molar-refractivity contribution in [1.29, 1.82) is 0 Å². The van der Waals surface area contributed by atoms with Crippen LogP contribution in [-0.4, -0.2) is 4.98 Å². The molecule has 0 aliphatic carbocycles. The molecule has 1 aromatic heterocycles. The zero-order valence-corrected chi connectivity index (χ0v) is 11.3. The lowest BCUT2D eigenvalue weighted by atomic mass is 10.1. The van der Waals surface area contributed by atoms with E-state index in [1.807, 2.05) is 0 Å². The molecule has 91 valence electrons. The molecule has 16 heavy (non-hydrogen) atoms. The third kappa shape index (κ3) is 7.00. The summed E-state index contributed by atoms with van der Waals surface area (Å²) in [4.78, 5) is 4.18. The fourth-order valence-corrected chi connectivity index (χ4v) is 2.47. The zero-order chi connectivity index (χ0) is 11.5. The van der Waals surface area contributed by atoms with Crippen molar-refractivity contribution in [2.24, 2.45) is 0 Å². The van der Waals surface area contributed by atoms with E-state index in [0.29, 0.717) is 0 Å². The van der Waals surface area contributed by atoms with E-state index in [-0.39, 0.29) is 0 Å². The van der Waals surface area contributed by atoms with E-state index >= 15 is 0 Å². The van der Waals surface area contributed by atoms with Crippen LogP contribution in [0.4, 0.5) is 0 Å². The molecule has 1 aromatic rings. The minimum Gasteiger partial charge on any atom is -0.239 e. The molecule has 0 aliphatic heterocycles. The first-order chi connectivity index (χ1) is 7.93. The summed E-state index contributed by atoms with van der Waals surface area (Å²) >= 11 is 1.58. The molecular formula is C14H24NS. The van der Waals surface area contributed by atoms with Crippen LogP contribution in [0.2, 0.25) is 0 Å². The second kappa shape index (κ2) is 9.83. The highest BCUT2D eigenvalue weighted by atomic mass is 32.1. The van der Waals surface area contributed by atoms with Crippen LogP contribution in [-0.2, 0) is 6.42 Å². The molecule has 0 aliphatic rings. The Hall–Kier alpha value is -0.370. The molecule has 0 fully saturated rings. The van der Waals surface area contributed by atoms with Gasteiger partial charge in [-0.25, -0.2) is 4.98 Å². The van der Waals surface area contributed by atoms with Crippen LogP contribution in [0, 0.1) is 5.51 Å². The number of nitrogens with zero attached hydrogens (tertiary/aromatic N) is 1. The second-order valence-electron chi connectivity index (χ2n) is 4.51. The zero-order valence-electron chi connectivity index (χ0n) is 10.5. The molecule has 0 bridgehead atoms. The highest BCUT2D eigenvalue weighted by Gasteiger charge is 1.95. The van der Waals surface area contributed by atoms with Crippen LogP contribution in [0.3, 0.4) is 0 Å². The fraction of sp³-hybridized carbons (Fsp3) is 0.786. The highest BCUT2D eigenvalue weighted by molar-refractivity contribution is 7.07. The normalized spacial score (nSPS) is 10.8. The van der Waals surface area contributed by atoms with E-state index in [1.165, 1.54) is 63.5 Å². The predicted molar refractivity (Wildman–Crippen MR) is 71.9 cm³/mol. The van der Waals surface area contributed by atoms with Gasteiger partial charge in [-0.3, -0.25) is 0 Å². The van der Waals surface area contributed by atoms with E-state index in [2.05, 4.69) is 22.8 Å². The van der Waals surface area contributed by atoms with Gasteiger partial charge < -0.3 is 0 Å². The largest absolute Gasteiger partial charge is 0.239 e. The van der Waals surface area contributed by atoms with Gasteiger partial charge in [0.05, 0.1) is 5.69 Å². The molecule has 1 radical (unpaired) electrons. The quantitative estimate of drug-likeness (QED) is 0.522. The summed E-state index contributed by atoms with van der Waals surface area (Å²) in [6.45, 7) is 2.27. The van der Waals surface area contributed by atoms with Crippen LogP contribution in [0.1, 0.15) is 70.4 Å². The van der Waals surface area contributed by atoms with Gasteiger partial charge in [-0.05, 0) is 12.8 Å². The maximum Gasteiger partial charge on any atom is 0.152 e. The SMILES string of the molecule is CCCCCCCCCCCc1cs[c]n1. The summed E-state index contributed by atoms with van der Waals surface area (Å²) < 4.78 is 0. The molecule has 1 rings (SSSR count). The molecular weight excluding hydrogens is 214 g/mol. The van der Waals surface area contributed by atoms with Crippen molar-refractivity contribution in [2.45, 2.75) is 71.1 Å². The van der Waals surface area contributed by atoms with Gasteiger partial charge in [0, 0.05) is 5.38 Å². The Labute approximate surface area is 104 Å². The molecule has 0 N–H and O–H groups in total. The summed E-state index contributed by atoms with van der Waals surface area (Å²) in [5, 5.41) is 2.12. The lowest BCUT2D eigenvalue weighted by Gasteiger charge is -2.01. The van der Waals surface area contributed by atoms with Crippen molar-refractivity contribution in [2.75, 3.05) is 0 Å². The van der Waals surface area contributed by atoms with Crippen LogP contribution < -0.4 is 0 Å². The molecule has 0 spiro atoms. The number of thiazole rings is 1. The van der Waals surface area contributed by atoms with E-state index in [4.69, 9.17) is 0 Å². The fourth-order valence-electron chi connectivity index (χ4n) is 1.94. The number of unbranched alkanes of at least 4 members (excludes halogenated alkanes) is 8. The van der Waals surface area contributed by atoms with Crippen LogP contribution in [0.25, 0.3) is 0 Å². The first-order valence-electron chi connectivity index (χ1n) is 6.74. The Morgan fingerprint density at radius 3 is 2.19 bits per heavy atom. The van der Waals surface area contributed by atoms with Gasteiger partial charge in [-0.15, -0.1) is 11.3 Å². The smallest absolute Gasteiger partial charge is 0.152 e. The Balaban J connectivity index is 1.78. The molecule has 0 unspecified atom stereocenters. The van der Waals surface area contributed by atoms with Gasteiger partial charge >= 0.3 is 0 Å². The average molecular weight is 238 g/mol. The summed E-state index contributed by atoms with van der Waals surface area (Å²) in [5.74, 6) is 0. The Morgan fingerprint density at radius 2 is 1.62 bits per heavy atom. The predicted octanol–water partition coefficient (Wildman–Crippen LogP) is 5.02. The van der Waals surface area contributed by atoms with E-state index in [9.17, 15) is 0 Å². The Morgan fingerprint density at radius 1 is 1.00 bits per heavy atom. The molecule has 0 saturated carbocycles. The lowest BCUT2D eigenvalue weighted by molar-refractivity contribution is 0.564. The third-order valence-electron chi connectivity index (χ3n) is 2.97. The highest BCUT2D eigenvalue weighted by Crippen LogP contribution is 2.11. The van der Waals surface area contributed by atoms with Crippen LogP contribution in [0.5, 0.6) is 0 Å². The number of aryl methyl sites for hydroxylation is 1. The van der Waals surface area contributed by atoms with Gasteiger partial charge in [0.15, 0.2) is 5.51 Å². The van der Waals surface area contributed by atoms with E-state index in [0.717, 1.165) is 6.42 Å². The Kier molecular flexibility index (Phi) is 8.41. The number of hydrogen-bond acceptors (Lipinski definition) is 2. The standard InChI is InChI=1S/C14H24NS/c1-2-3-4-5-6-7-8-9-10-11-14-12-16-13-15-14/h12H,2-11H2,1H3. The second-order valence-corrected chi connectivity index (χ2v) is 5.16. The van der Waals surface area contributed by atoms with E-state index in [1.54, 1.807) is 11.3 Å². The summed E-state index contributed by atoms with van der Waals surface area (Å²) in [7, 11) is 0. The maximum atomic E-state index is 4.18. The topological polar surface area (TPSA) is 12.9 Å². The van der Waals surface area contributed by atoms with Gasteiger partial charge in [0.25, 0.3) is 0 Å². The monoisotopic (exact) mass is 238 g/mol. The van der Waals surface area contributed by atoms with Gasteiger partial charge in [-0.2, -0.15) is 0 Å². The van der Waals surface area contributed by atoms with Gasteiger partial charge in [0.2, 0.25) is 0 Å². The molecule has 0 atom stereocenters. The van der Waals surface area contributed by atoms with Gasteiger partial charge in [-0.1, -0.05) is 58.3 Å². The van der Waals surface area contributed by atoms with Crippen molar-refractivity contribution < 1.29 is 0 Å². The molecule has 1 nitrogen and oxygen atoms in total. The van der Waals surface area contributed by atoms with Crippen molar-refractivity contribution in [1.82, 2.24) is 4.98 Å². The van der Waals surface area contributed by atoms with Crippen molar-refractivity contribution in [3.8, 4) is 0 Å². The van der Waals surface area contributed by atoms with Crippen molar-refractivity contribution in [3.05, 3.63) is 16.6 Å². The molecule has 0 saturated heterocycles. The summed E-state index contributed by atoms with van der Waals surface area (Å²) in [6.07, 6.45) is 13.7. The molecule has 0 aromatic carbocycles. The number of aromatic nitrogens is 1. The minimum absolute atomic E-state index is 1.15. The average Bonchev–Trinajstić information content (AvgIpc) is 2.80. The number of hydrogen-bond donors (Lipinski definition) is 0. The van der Waals surface area contributed by atoms with Crippen LogP contribution in [0.15, 0.2) is 5.38 Å². The summed E-state index contributed by atoms with van der Waals surface area (Å²) in [6, 6.07) is 0. The van der Waals surface area contributed by atoms with Gasteiger partial charge in [0.1, 0.15) is 0 Å². The third-order valence-corrected chi connectivity index (χ3v) is 3.56.